The Morgan fingerprint density at radius 3 is 2.68 bits per heavy atom. The lowest BCUT2D eigenvalue weighted by Crippen LogP contribution is -2.06. The fourth-order valence-electron chi connectivity index (χ4n) is 1.96. The average Bonchev–Trinajstić information content (AvgIpc) is 2.96. The molecule has 0 aliphatic heterocycles. The lowest BCUT2D eigenvalue weighted by Gasteiger charge is -2.05. The number of ether oxygens (including phenoxy) is 1. The zero-order valence-corrected chi connectivity index (χ0v) is 14.8. The van der Waals surface area contributed by atoms with E-state index in [1.165, 1.54) is 10.4 Å². The van der Waals surface area contributed by atoms with Crippen molar-refractivity contribution in [2.45, 2.75) is 32.4 Å². The van der Waals surface area contributed by atoms with Crippen molar-refractivity contribution in [3.05, 3.63) is 40.9 Å². The number of carbonyl (C=O) groups excluding carboxylic acids is 1. The van der Waals surface area contributed by atoms with Gasteiger partial charge in [-0.15, -0.1) is 23.1 Å². The number of thiazole rings is 1. The molecule has 0 fully saturated rings. The number of benzene rings is 1. The standard InChI is InChI=1S/C17H21NO2S2/c1-4-20-16(19)11-21-10-15-9-18-17(22-15)14-7-5-13(6-8-14)12(2)3/h5-9,12H,4,10-11H2,1-3H3. The van der Waals surface area contributed by atoms with Gasteiger partial charge in [-0.05, 0) is 18.4 Å². The summed E-state index contributed by atoms with van der Waals surface area (Å²) in [4.78, 5) is 17.0. The Kier molecular flexibility index (Phi) is 6.46. The van der Waals surface area contributed by atoms with Crippen molar-refractivity contribution in [3.8, 4) is 10.6 Å². The smallest absolute Gasteiger partial charge is 0.315 e. The fraction of sp³-hybridized carbons (Fsp3) is 0.412. The molecule has 0 bridgehead atoms. The van der Waals surface area contributed by atoms with E-state index in [9.17, 15) is 4.79 Å². The van der Waals surface area contributed by atoms with Crippen LogP contribution < -0.4 is 0 Å². The minimum atomic E-state index is -0.151. The second kappa shape index (κ2) is 8.34. The molecule has 1 aromatic carbocycles. The molecule has 22 heavy (non-hydrogen) atoms. The molecule has 2 aromatic rings. The Morgan fingerprint density at radius 1 is 1.32 bits per heavy atom. The number of hydrogen-bond donors (Lipinski definition) is 0. The van der Waals surface area contributed by atoms with Gasteiger partial charge >= 0.3 is 5.97 Å². The van der Waals surface area contributed by atoms with Crippen LogP contribution in [0.4, 0.5) is 0 Å². The quantitative estimate of drug-likeness (QED) is 0.686. The first-order valence-corrected chi connectivity index (χ1v) is 9.35. The SMILES string of the molecule is CCOC(=O)CSCc1cnc(-c2ccc(C(C)C)cc2)s1. The lowest BCUT2D eigenvalue weighted by molar-refractivity contribution is -0.139. The summed E-state index contributed by atoms with van der Waals surface area (Å²) in [6.45, 7) is 6.65. The molecule has 5 heteroatoms. The maximum atomic E-state index is 11.3. The highest BCUT2D eigenvalue weighted by Crippen LogP contribution is 2.28. The molecule has 0 unspecified atom stereocenters. The largest absolute Gasteiger partial charge is 0.465 e. The average molecular weight is 335 g/mol. The van der Waals surface area contributed by atoms with Gasteiger partial charge in [0.25, 0.3) is 0 Å². The van der Waals surface area contributed by atoms with Crippen LogP contribution in [0, 0.1) is 0 Å². The molecular formula is C17H21NO2S2. The van der Waals surface area contributed by atoms with Crippen molar-refractivity contribution < 1.29 is 9.53 Å². The minimum Gasteiger partial charge on any atom is -0.465 e. The van der Waals surface area contributed by atoms with E-state index in [-0.39, 0.29) is 5.97 Å². The second-order valence-electron chi connectivity index (χ2n) is 5.21. The fourth-order valence-corrected chi connectivity index (χ4v) is 3.78. The van der Waals surface area contributed by atoms with Gasteiger partial charge in [0.2, 0.25) is 0 Å². The second-order valence-corrected chi connectivity index (χ2v) is 7.31. The van der Waals surface area contributed by atoms with E-state index in [1.807, 2.05) is 13.1 Å². The van der Waals surface area contributed by atoms with Crippen molar-refractivity contribution in [1.82, 2.24) is 4.98 Å². The van der Waals surface area contributed by atoms with Gasteiger partial charge in [-0.2, -0.15) is 0 Å². The van der Waals surface area contributed by atoms with Crippen molar-refractivity contribution in [2.24, 2.45) is 0 Å². The van der Waals surface area contributed by atoms with E-state index < -0.39 is 0 Å². The van der Waals surface area contributed by atoms with Crippen LogP contribution in [0.5, 0.6) is 0 Å². The van der Waals surface area contributed by atoms with Gasteiger partial charge in [-0.25, -0.2) is 4.98 Å². The van der Waals surface area contributed by atoms with Crippen molar-refractivity contribution in [2.75, 3.05) is 12.4 Å². The molecule has 0 spiro atoms. The zero-order valence-electron chi connectivity index (χ0n) is 13.2. The normalized spacial score (nSPS) is 10.9. The molecule has 0 aliphatic carbocycles. The molecule has 1 aromatic heterocycles. The van der Waals surface area contributed by atoms with E-state index in [1.54, 1.807) is 23.1 Å². The van der Waals surface area contributed by atoms with Crippen LogP contribution in [-0.4, -0.2) is 23.3 Å². The highest BCUT2D eigenvalue weighted by atomic mass is 32.2. The maximum Gasteiger partial charge on any atom is 0.315 e. The summed E-state index contributed by atoms with van der Waals surface area (Å²) in [7, 11) is 0. The Morgan fingerprint density at radius 2 is 2.05 bits per heavy atom. The molecule has 0 saturated carbocycles. The van der Waals surface area contributed by atoms with E-state index >= 15 is 0 Å². The highest BCUT2D eigenvalue weighted by molar-refractivity contribution is 7.99. The molecule has 118 valence electrons. The predicted molar refractivity (Wildman–Crippen MR) is 94.4 cm³/mol. The van der Waals surface area contributed by atoms with Crippen molar-refractivity contribution >= 4 is 29.1 Å². The summed E-state index contributed by atoms with van der Waals surface area (Å²) in [6.07, 6.45) is 1.90. The van der Waals surface area contributed by atoms with Crippen LogP contribution in [-0.2, 0) is 15.3 Å². The predicted octanol–water partition coefficient (Wildman–Crippen LogP) is 4.73. The maximum absolute atomic E-state index is 11.3. The molecule has 3 nitrogen and oxygen atoms in total. The van der Waals surface area contributed by atoms with Gasteiger partial charge in [0.1, 0.15) is 5.01 Å². The third kappa shape index (κ3) is 4.85. The van der Waals surface area contributed by atoms with Crippen molar-refractivity contribution in [1.29, 1.82) is 0 Å². The van der Waals surface area contributed by atoms with Crippen LogP contribution in [0.1, 0.15) is 37.1 Å². The topological polar surface area (TPSA) is 39.2 Å². The van der Waals surface area contributed by atoms with Crippen LogP contribution in [0.2, 0.25) is 0 Å². The van der Waals surface area contributed by atoms with Gasteiger partial charge in [-0.1, -0.05) is 38.1 Å². The lowest BCUT2D eigenvalue weighted by atomic mass is 10.0. The number of rotatable bonds is 7. The van der Waals surface area contributed by atoms with E-state index in [0.29, 0.717) is 18.3 Å². The number of esters is 1. The Labute approximate surface area is 140 Å². The van der Waals surface area contributed by atoms with Gasteiger partial charge in [0.05, 0.1) is 12.4 Å². The van der Waals surface area contributed by atoms with Crippen LogP contribution in [0.3, 0.4) is 0 Å². The van der Waals surface area contributed by atoms with E-state index in [4.69, 9.17) is 4.74 Å². The number of hydrogen-bond acceptors (Lipinski definition) is 5. The first kappa shape index (κ1) is 17.0. The van der Waals surface area contributed by atoms with Crippen LogP contribution in [0.15, 0.2) is 30.5 Å². The van der Waals surface area contributed by atoms with Crippen LogP contribution in [0.25, 0.3) is 10.6 Å². The summed E-state index contributed by atoms with van der Waals surface area (Å²) in [5.74, 6) is 1.58. The van der Waals surface area contributed by atoms with Gasteiger partial charge in [0, 0.05) is 22.4 Å². The summed E-state index contributed by atoms with van der Waals surface area (Å²) in [6, 6.07) is 8.58. The molecule has 2 rings (SSSR count). The summed E-state index contributed by atoms with van der Waals surface area (Å²) < 4.78 is 4.91. The third-order valence-corrected chi connectivity index (χ3v) is 5.33. The monoisotopic (exact) mass is 335 g/mol. The molecule has 0 N–H and O–H groups in total. The molecule has 0 radical (unpaired) electrons. The summed E-state index contributed by atoms with van der Waals surface area (Å²) >= 11 is 3.25. The van der Waals surface area contributed by atoms with Crippen molar-refractivity contribution in [3.63, 3.8) is 0 Å². The molecule has 0 amide bonds. The Balaban J connectivity index is 1.92. The summed E-state index contributed by atoms with van der Waals surface area (Å²) in [5, 5.41) is 1.03. The molecule has 1 heterocycles. The zero-order chi connectivity index (χ0) is 15.9. The third-order valence-electron chi connectivity index (χ3n) is 3.15. The van der Waals surface area contributed by atoms with Gasteiger partial charge < -0.3 is 4.74 Å². The Hall–Kier alpha value is -1.33. The van der Waals surface area contributed by atoms with Gasteiger partial charge in [-0.3, -0.25) is 4.79 Å². The molecule has 0 aliphatic rings. The number of carbonyl (C=O) groups is 1. The van der Waals surface area contributed by atoms with E-state index in [0.717, 1.165) is 16.3 Å². The first-order valence-electron chi connectivity index (χ1n) is 7.38. The highest BCUT2D eigenvalue weighted by Gasteiger charge is 2.07. The number of thioether (sulfide) groups is 1. The van der Waals surface area contributed by atoms with Gasteiger partial charge in [0.15, 0.2) is 0 Å². The van der Waals surface area contributed by atoms with E-state index in [2.05, 4.69) is 43.1 Å². The van der Waals surface area contributed by atoms with Crippen LogP contribution >= 0.6 is 23.1 Å². The summed E-state index contributed by atoms with van der Waals surface area (Å²) in [5.41, 5.74) is 2.49. The minimum absolute atomic E-state index is 0.151. The first-order chi connectivity index (χ1) is 10.6. The molecule has 0 atom stereocenters. The Bertz CT molecular complexity index is 605. The molecule has 0 saturated heterocycles. The number of nitrogens with zero attached hydrogens (tertiary/aromatic N) is 1. The number of aromatic nitrogens is 1. The molecular weight excluding hydrogens is 314 g/mol.